The summed E-state index contributed by atoms with van der Waals surface area (Å²) in [4.78, 5) is 0.823. The van der Waals surface area contributed by atoms with Crippen molar-refractivity contribution in [2.75, 3.05) is 6.54 Å². The Hall–Kier alpha value is -0.540. The molecular formula is C13H16FNS. The monoisotopic (exact) mass is 237 g/mol. The van der Waals surface area contributed by atoms with Gasteiger partial charge in [0, 0.05) is 16.2 Å². The van der Waals surface area contributed by atoms with Crippen molar-refractivity contribution in [1.29, 1.82) is 0 Å². The van der Waals surface area contributed by atoms with Gasteiger partial charge in [0.15, 0.2) is 0 Å². The summed E-state index contributed by atoms with van der Waals surface area (Å²) in [5.74, 6) is -0.0388. The van der Waals surface area contributed by atoms with Crippen LogP contribution in [0.3, 0.4) is 0 Å². The highest BCUT2D eigenvalue weighted by molar-refractivity contribution is 8.00. The highest BCUT2D eigenvalue weighted by Gasteiger charge is 2.24. The van der Waals surface area contributed by atoms with Crippen LogP contribution in [0.2, 0.25) is 0 Å². The second-order valence-electron chi connectivity index (χ2n) is 4.66. The van der Waals surface area contributed by atoms with Crippen molar-refractivity contribution in [3.05, 3.63) is 29.6 Å². The fourth-order valence-electron chi connectivity index (χ4n) is 2.16. The fourth-order valence-corrected chi connectivity index (χ4v) is 3.21. The van der Waals surface area contributed by atoms with Crippen LogP contribution in [-0.2, 0) is 0 Å². The van der Waals surface area contributed by atoms with E-state index in [1.54, 1.807) is 17.8 Å². The van der Waals surface area contributed by atoms with E-state index in [0.717, 1.165) is 23.4 Å². The molecule has 1 aliphatic carbocycles. The highest BCUT2D eigenvalue weighted by atomic mass is 32.2. The molecule has 0 amide bonds. The largest absolute Gasteiger partial charge is 0.310 e. The van der Waals surface area contributed by atoms with Crippen LogP contribution in [0.25, 0.3) is 0 Å². The van der Waals surface area contributed by atoms with Gasteiger partial charge in [-0.1, -0.05) is 6.07 Å². The molecule has 0 spiro atoms. The molecule has 1 saturated carbocycles. The van der Waals surface area contributed by atoms with Crippen LogP contribution in [0.1, 0.15) is 37.3 Å². The molecule has 86 valence electrons. The maximum absolute atomic E-state index is 13.8. The van der Waals surface area contributed by atoms with Gasteiger partial charge in [0.2, 0.25) is 0 Å². The van der Waals surface area contributed by atoms with Gasteiger partial charge in [0.25, 0.3) is 0 Å². The second kappa shape index (κ2) is 4.38. The van der Waals surface area contributed by atoms with Crippen molar-refractivity contribution < 1.29 is 4.39 Å². The van der Waals surface area contributed by atoms with Gasteiger partial charge in [0.1, 0.15) is 5.82 Å². The third-order valence-electron chi connectivity index (χ3n) is 3.24. The van der Waals surface area contributed by atoms with E-state index < -0.39 is 0 Å². The summed E-state index contributed by atoms with van der Waals surface area (Å²) in [5.41, 5.74) is 1.11. The molecule has 2 fully saturated rings. The van der Waals surface area contributed by atoms with Gasteiger partial charge in [-0.2, -0.15) is 0 Å². The molecule has 0 bridgehead atoms. The van der Waals surface area contributed by atoms with Gasteiger partial charge in [-0.3, -0.25) is 0 Å². The van der Waals surface area contributed by atoms with Gasteiger partial charge in [-0.15, -0.1) is 11.8 Å². The second-order valence-corrected chi connectivity index (χ2v) is 6.00. The number of rotatable bonds is 3. The molecule has 3 rings (SSSR count). The lowest BCUT2D eigenvalue weighted by Crippen LogP contribution is -2.12. The maximum atomic E-state index is 13.8. The molecule has 1 atom stereocenters. The highest BCUT2D eigenvalue weighted by Crippen LogP contribution is 2.40. The Balaban J connectivity index is 1.77. The van der Waals surface area contributed by atoms with E-state index in [1.165, 1.54) is 19.3 Å². The molecule has 2 aliphatic rings. The molecule has 1 aromatic carbocycles. The van der Waals surface area contributed by atoms with Gasteiger partial charge >= 0.3 is 0 Å². The third kappa shape index (κ3) is 2.25. The van der Waals surface area contributed by atoms with Crippen molar-refractivity contribution in [1.82, 2.24) is 5.32 Å². The minimum atomic E-state index is -0.0388. The Bertz CT molecular complexity index is 384. The molecule has 16 heavy (non-hydrogen) atoms. The lowest BCUT2D eigenvalue weighted by atomic mass is 10.1. The molecule has 3 heteroatoms. The topological polar surface area (TPSA) is 12.0 Å². The summed E-state index contributed by atoms with van der Waals surface area (Å²) < 4.78 is 13.8. The summed E-state index contributed by atoms with van der Waals surface area (Å²) in [7, 11) is 0. The van der Waals surface area contributed by atoms with Crippen molar-refractivity contribution in [2.45, 2.75) is 41.9 Å². The number of nitrogens with one attached hydrogen (secondary N) is 1. The summed E-state index contributed by atoms with van der Waals surface area (Å²) in [6.45, 7) is 1.06. The lowest BCUT2D eigenvalue weighted by molar-refractivity contribution is 0.586. The Morgan fingerprint density at radius 2 is 2.12 bits per heavy atom. The SMILES string of the molecule is Fc1cc(C2CCCN2)ccc1SC1CC1. The average molecular weight is 237 g/mol. The van der Waals surface area contributed by atoms with E-state index in [9.17, 15) is 4.39 Å². The van der Waals surface area contributed by atoms with Gasteiger partial charge in [-0.25, -0.2) is 4.39 Å². The first kappa shape index (κ1) is 10.6. The number of benzene rings is 1. The van der Waals surface area contributed by atoms with Crippen LogP contribution in [0.4, 0.5) is 4.39 Å². The van der Waals surface area contributed by atoms with Crippen LogP contribution >= 0.6 is 11.8 Å². The Kier molecular flexibility index (Phi) is 2.90. The molecule has 1 N–H and O–H groups in total. The predicted octanol–water partition coefficient (Wildman–Crippen LogP) is 3.50. The zero-order chi connectivity index (χ0) is 11.0. The van der Waals surface area contributed by atoms with Gasteiger partial charge < -0.3 is 5.32 Å². The number of thioether (sulfide) groups is 1. The third-order valence-corrected chi connectivity index (χ3v) is 4.63. The Morgan fingerprint density at radius 1 is 1.25 bits per heavy atom. The van der Waals surface area contributed by atoms with E-state index in [0.29, 0.717) is 11.3 Å². The number of halogens is 1. The van der Waals surface area contributed by atoms with E-state index >= 15 is 0 Å². The van der Waals surface area contributed by atoms with Crippen molar-refractivity contribution in [3.63, 3.8) is 0 Å². The predicted molar refractivity (Wildman–Crippen MR) is 65.3 cm³/mol. The van der Waals surface area contributed by atoms with Crippen LogP contribution in [0.5, 0.6) is 0 Å². The van der Waals surface area contributed by atoms with Crippen molar-refractivity contribution in [3.8, 4) is 0 Å². The van der Waals surface area contributed by atoms with E-state index in [-0.39, 0.29) is 5.82 Å². The fraction of sp³-hybridized carbons (Fsp3) is 0.538. The normalized spacial score (nSPS) is 24.9. The van der Waals surface area contributed by atoms with E-state index in [4.69, 9.17) is 0 Å². The quantitative estimate of drug-likeness (QED) is 0.863. The molecule has 1 nitrogen and oxygen atoms in total. The number of hydrogen-bond acceptors (Lipinski definition) is 2. The first-order valence-electron chi connectivity index (χ1n) is 6.02. The van der Waals surface area contributed by atoms with Crippen LogP contribution in [0, 0.1) is 5.82 Å². The molecule has 1 saturated heterocycles. The van der Waals surface area contributed by atoms with E-state index in [2.05, 4.69) is 11.4 Å². The summed E-state index contributed by atoms with van der Waals surface area (Å²) >= 11 is 1.69. The molecule has 1 unspecified atom stereocenters. The Labute approximate surface area is 99.8 Å². The Morgan fingerprint density at radius 3 is 2.75 bits per heavy atom. The van der Waals surface area contributed by atoms with Crippen LogP contribution in [-0.4, -0.2) is 11.8 Å². The molecular weight excluding hydrogens is 221 g/mol. The first-order valence-corrected chi connectivity index (χ1v) is 6.90. The molecule has 0 aromatic heterocycles. The van der Waals surface area contributed by atoms with Crippen molar-refractivity contribution >= 4 is 11.8 Å². The standard InChI is InChI=1S/C13H16FNS/c14-11-8-9(12-2-1-7-15-12)3-6-13(11)16-10-4-5-10/h3,6,8,10,12,15H,1-2,4-5,7H2. The molecule has 1 aromatic rings. The average Bonchev–Trinajstić information content (AvgIpc) is 2.94. The summed E-state index contributed by atoms with van der Waals surface area (Å²) in [5, 5.41) is 4.07. The maximum Gasteiger partial charge on any atom is 0.137 e. The van der Waals surface area contributed by atoms with Crippen molar-refractivity contribution in [2.24, 2.45) is 0 Å². The summed E-state index contributed by atoms with van der Waals surface area (Å²) in [6, 6.07) is 6.12. The van der Waals surface area contributed by atoms with Gasteiger partial charge in [0.05, 0.1) is 0 Å². The molecule has 1 aliphatic heterocycles. The molecule has 1 heterocycles. The molecule has 0 radical (unpaired) electrons. The summed E-state index contributed by atoms with van der Waals surface area (Å²) in [6.07, 6.45) is 4.82. The van der Waals surface area contributed by atoms with Crippen LogP contribution < -0.4 is 5.32 Å². The van der Waals surface area contributed by atoms with Gasteiger partial charge in [-0.05, 0) is 49.9 Å². The zero-order valence-electron chi connectivity index (χ0n) is 9.21. The van der Waals surface area contributed by atoms with E-state index in [1.807, 2.05) is 6.07 Å². The lowest BCUT2D eigenvalue weighted by Gasteiger charge is -2.11. The minimum absolute atomic E-state index is 0.0388. The zero-order valence-corrected chi connectivity index (χ0v) is 10.0. The smallest absolute Gasteiger partial charge is 0.137 e. The number of hydrogen-bond donors (Lipinski definition) is 1. The van der Waals surface area contributed by atoms with Crippen LogP contribution in [0.15, 0.2) is 23.1 Å². The minimum Gasteiger partial charge on any atom is -0.310 e. The first-order chi connectivity index (χ1) is 7.83.